The van der Waals surface area contributed by atoms with E-state index in [4.69, 9.17) is 4.74 Å². The number of carbonyl (C=O) groups excluding carboxylic acids is 2. The van der Waals surface area contributed by atoms with Crippen LogP contribution in [0.15, 0.2) is 85.1 Å². The van der Waals surface area contributed by atoms with Gasteiger partial charge < -0.3 is 20.3 Å². The maximum Gasteiger partial charge on any atom is 0.306 e. The zero-order valence-electron chi connectivity index (χ0n) is 45.4. The summed E-state index contributed by atoms with van der Waals surface area (Å²) in [6, 6.07) is -0.717. The summed E-state index contributed by atoms with van der Waals surface area (Å²) in [6.45, 7) is 6.38. The van der Waals surface area contributed by atoms with Crippen molar-refractivity contribution in [2.75, 3.05) is 6.61 Å². The first-order chi connectivity index (χ1) is 34.0. The Labute approximate surface area is 427 Å². The molecule has 0 aliphatic carbocycles. The van der Waals surface area contributed by atoms with Crippen LogP contribution in [0.3, 0.4) is 0 Å². The second-order valence-electron chi connectivity index (χ2n) is 19.8. The van der Waals surface area contributed by atoms with E-state index in [2.05, 4.69) is 86.8 Å². The summed E-state index contributed by atoms with van der Waals surface area (Å²) in [5.74, 6) is -0.514. The number of allylic oxidation sites excluding steroid dienone is 14. The summed E-state index contributed by atoms with van der Waals surface area (Å²) < 4.78 is 5.95. The molecule has 398 valence electrons. The molecule has 0 saturated carbocycles. The summed E-state index contributed by atoms with van der Waals surface area (Å²) in [5.41, 5.74) is 0. The van der Waals surface area contributed by atoms with E-state index in [0.29, 0.717) is 19.3 Å². The molecule has 0 aliphatic rings. The van der Waals surface area contributed by atoms with Gasteiger partial charge in [0.05, 0.1) is 25.2 Å². The molecule has 0 aromatic carbocycles. The molecule has 0 aliphatic heterocycles. The lowest BCUT2D eigenvalue weighted by atomic mass is 10.0. The molecule has 3 atom stereocenters. The molecule has 6 heteroatoms. The second kappa shape index (κ2) is 56.0. The van der Waals surface area contributed by atoms with Crippen LogP contribution in [0.25, 0.3) is 0 Å². The van der Waals surface area contributed by atoms with Crippen LogP contribution in [-0.4, -0.2) is 46.9 Å². The van der Waals surface area contributed by atoms with Gasteiger partial charge in [-0.25, -0.2) is 0 Å². The first-order valence-electron chi connectivity index (χ1n) is 29.4. The highest BCUT2D eigenvalue weighted by molar-refractivity contribution is 5.77. The number of nitrogens with one attached hydrogen (secondary N) is 1. The van der Waals surface area contributed by atoms with E-state index in [1.54, 1.807) is 0 Å². The van der Waals surface area contributed by atoms with Gasteiger partial charge in [0.2, 0.25) is 5.91 Å². The van der Waals surface area contributed by atoms with Gasteiger partial charge in [-0.05, 0) is 77.0 Å². The van der Waals surface area contributed by atoms with Gasteiger partial charge in [0.1, 0.15) is 6.10 Å². The maximum absolute atomic E-state index is 13.3. The Morgan fingerprint density at radius 1 is 0.435 bits per heavy atom. The van der Waals surface area contributed by atoms with E-state index in [1.165, 1.54) is 128 Å². The van der Waals surface area contributed by atoms with Crippen molar-refractivity contribution in [3.05, 3.63) is 85.1 Å². The molecule has 0 aromatic rings. The van der Waals surface area contributed by atoms with Crippen LogP contribution in [-0.2, 0) is 14.3 Å². The smallest absolute Gasteiger partial charge is 0.306 e. The van der Waals surface area contributed by atoms with Gasteiger partial charge in [-0.3, -0.25) is 9.59 Å². The van der Waals surface area contributed by atoms with Crippen molar-refractivity contribution in [2.24, 2.45) is 0 Å². The number of unbranched alkanes of at least 4 members (excludes halogenated alkanes) is 30. The minimum Gasteiger partial charge on any atom is -0.462 e. The maximum atomic E-state index is 13.3. The first-order valence-corrected chi connectivity index (χ1v) is 29.4. The quantitative estimate of drug-likeness (QED) is 0.0244. The molecule has 69 heavy (non-hydrogen) atoms. The summed E-state index contributed by atoms with van der Waals surface area (Å²) in [7, 11) is 0. The average Bonchev–Trinajstić information content (AvgIpc) is 3.34. The zero-order valence-corrected chi connectivity index (χ0v) is 45.4. The molecule has 0 rings (SSSR count). The minimum absolute atomic E-state index is 0.0543. The zero-order chi connectivity index (χ0) is 50.2. The van der Waals surface area contributed by atoms with Crippen LogP contribution in [0.1, 0.15) is 278 Å². The van der Waals surface area contributed by atoms with Crippen molar-refractivity contribution >= 4 is 11.9 Å². The number of amides is 1. The van der Waals surface area contributed by atoms with Crippen molar-refractivity contribution in [3.8, 4) is 0 Å². The number of aliphatic hydroxyl groups is 2. The number of aliphatic hydroxyl groups excluding tert-OH is 2. The van der Waals surface area contributed by atoms with Crippen LogP contribution < -0.4 is 5.32 Å². The van der Waals surface area contributed by atoms with E-state index in [0.717, 1.165) is 103 Å². The lowest BCUT2D eigenvalue weighted by Gasteiger charge is -2.24. The van der Waals surface area contributed by atoms with Crippen molar-refractivity contribution in [1.82, 2.24) is 5.32 Å². The lowest BCUT2D eigenvalue weighted by molar-refractivity contribution is -0.151. The van der Waals surface area contributed by atoms with E-state index in [9.17, 15) is 19.8 Å². The van der Waals surface area contributed by atoms with Crippen molar-refractivity contribution in [2.45, 2.75) is 296 Å². The molecule has 0 bridgehead atoms. The predicted octanol–water partition coefficient (Wildman–Crippen LogP) is 18.3. The fourth-order valence-electron chi connectivity index (χ4n) is 8.61. The van der Waals surface area contributed by atoms with Crippen LogP contribution in [0.5, 0.6) is 0 Å². The molecular formula is C63H111NO5. The molecule has 0 spiro atoms. The van der Waals surface area contributed by atoms with E-state index >= 15 is 0 Å². The van der Waals surface area contributed by atoms with Crippen molar-refractivity contribution in [3.63, 3.8) is 0 Å². The van der Waals surface area contributed by atoms with Crippen LogP contribution in [0, 0.1) is 0 Å². The largest absolute Gasteiger partial charge is 0.462 e. The van der Waals surface area contributed by atoms with Gasteiger partial charge >= 0.3 is 5.97 Å². The van der Waals surface area contributed by atoms with Crippen molar-refractivity contribution < 1.29 is 24.5 Å². The molecule has 3 N–H and O–H groups in total. The highest BCUT2D eigenvalue weighted by Gasteiger charge is 2.24. The van der Waals surface area contributed by atoms with Crippen molar-refractivity contribution in [1.29, 1.82) is 0 Å². The monoisotopic (exact) mass is 962 g/mol. The number of rotatable bonds is 52. The summed E-state index contributed by atoms with van der Waals surface area (Å²) in [4.78, 5) is 26.3. The highest BCUT2D eigenvalue weighted by Crippen LogP contribution is 2.18. The minimum atomic E-state index is -0.802. The Bertz CT molecular complexity index is 1310. The normalized spacial score (nSPS) is 13.8. The van der Waals surface area contributed by atoms with Gasteiger partial charge in [0, 0.05) is 6.42 Å². The lowest BCUT2D eigenvalue weighted by Crippen LogP contribution is -2.46. The topological polar surface area (TPSA) is 95.9 Å². The molecule has 0 radical (unpaired) electrons. The number of carbonyl (C=O) groups is 2. The fourth-order valence-corrected chi connectivity index (χ4v) is 8.61. The van der Waals surface area contributed by atoms with Crippen LogP contribution in [0.4, 0.5) is 0 Å². The SMILES string of the molecule is CCC/C=C/C=C/C=C/C=C/C=C/CCCCCCCC(=O)OC(CCCCCCC/C=C\C/C=C\CCCCC)CC(=O)NC(CO)C(O)CCCCCCCCCCCCCCCCCCC. The van der Waals surface area contributed by atoms with Gasteiger partial charge in [-0.1, -0.05) is 273 Å². The molecule has 6 nitrogen and oxygen atoms in total. The van der Waals surface area contributed by atoms with Gasteiger partial charge in [0.15, 0.2) is 0 Å². The van der Waals surface area contributed by atoms with E-state index < -0.39 is 18.2 Å². The molecule has 3 unspecified atom stereocenters. The molecular weight excluding hydrogens is 851 g/mol. The summed E-state index contributed by atoms with van der Waals surface area (Å²) >= 11 is 0. The Balaban J connectivity index is 4.62. The summed E-state index contributed by atoms with van der Waals surface area (Å²) in [6.07, 6.45) is 73.5. The number of ether oxygens (including phenoxy) is 1. The summed E-state index contributed by atoms with van der Waals surface area (Å²) in [5, 5.41) is 23.9. The Morgan fingerprint density at radius 3 is 1.32 bits per heavy atom. The predicted molar refractivity (Wildman–Crippen MR) is 301 cm³/mol. The van der Waals surface area contributed by atoms with Crippen LogP contribution in [0.2, 0.25) is 0 Å². The molecule has 0 aromatic heterocycles. The Morgan fingerprint density at radius 2 is 0.826 bits per heavy atom. The second-order valence-corrected chi connectivity index (χ2v) is 19.8. The highest BCUT2D eigenvalue weighted by atomic mass is 16.5. The van der Waals surface area contributed by atoms with E-state index in [1.807, 2.05) is 24.3 Å². The fraction of sp³-hybridized carbons (Fsp3) is 0.746. The standard InChI is InChI=1S/C63H111NO5/c1-4-7-10-13-16-19-22-25-28-30-32-35-38-41-44-47-50-53-56-63(68)69-59(54-51-48-45-42-39-36-33-27-24-21-18-15-12-9-6-3)57-62(67)64-60(58-65)61(66)55-52-49-46-43-40-37-34-31-29-26-23-20-17-14-11-8-5-2/h10,13,16,18-19,21-22,25,27-28,30,32-33,35,59-61,65-66H,4-9,11-12,14-15,17,20,23-24,26,29,31,34,36-58H2,1-3H3,(H,64,67)/b13-10+,19-16+,21-18-,25-22+,30-28+,33-27-,35-32+. The third kappa shape index (κ3) is 51.2. The van der Waals surface area contributed by atoms with Gasteiger partial charge in [-0.2, -0.15) is 0 Å². The molecule has 0 heterocycles. The Hall–Kier alpha value is -2.96. The van der Waals surface area contributed by atoms with E-state index in [-0.39, 0.29) is 24.9 Å². The third-order valence-corrected chi connectivity index (χ3v) is 13.1. The number of esters is 1. The Kier molecular flexibility index (Phi) is 53.6. The number of hydrogen-bond donors (Lipinski definition) is 3. The molecule has 0 saturated heterocycles. The molecule has 0 fully saturated rings. The number of hydrogen-bond acceptors (Lipinski definition) is 5. The average molecular weight is 963 g/mol. The van der Waals surface area contributed by atoms with Crippen LogP contribution >= 0.6 is 0 Å². The third-order valence-electron chi connectivity index (χ3n) is 13.1. The molecule has 1 amide bonds. The van der Waals surface area contributed by atoms with Gasteiger partial charge in [0.25, 0.3) is 0 Å². The first kappa shape index (κ1) is 66.0. The van der Waals surface area contributed by atoms with Gasteiger partial charge in [-0.15, -0.1) is 0 Å².